The van der Waals surface area contributed by atoms with Crippen LogP contribution in [0.4, 0.5) is 5.95 Å². The molecule has 3 aromatic rings. The lowest BCUT2D eigenvalue weighted by atomic mass is 10.2. The average Bonchev–Trinajstić information content (AvgIpc) is 3.33. The first kappa shape index (κ1) is 24.9. The second-order valence-corrected chi connectivity index (χ2v) is 8.89. The van der Waals surface area contributed by atoms with Crippen molar-refractivity contribution in [3.63, 3.8) is 0 Å². The number of anilines is 1. The number of ether oxygens (including phenoxy) is 3. The van der Waals surface area contributed by atoms with Crippen LogP contribution < -0.4 is 19.7 Å². The van der Waals surface area contributed by atoms with Crippen molar-refractivity contribution < 1.29 is 19.0 Å². The lowest BCUT2D eigenvalue weighted by Crippen LogP contribution is -2.38. The number of hydrogen-bond donors (Lipinski definition) is 1. The molecule has 1 saturated heterocycles. The van der Waals surface area contributed by atoms with E-state index in [1.165, 1.54) is 11.8 Å². The van der Waals surface area contributed by atoms with Gasteiger partial charge in [-0.25, -0.2) is 0 Å². The van der Waals surface area contributed by atoms with Crippen LogP contribution in [0.1, 0.15) is 18.1 Å². The minimum atomic E-state index is -0.0723. The summed E-state index contributed by atoms with van der Waals surface area (Å²) in [4.78, 5) is 14.7. The normalized spacial score (nSPS) is 13.5. The Hall–Kier alpha value is -3.24. The Balaban J connectivity index is 1.28. The van der Waals surface area contributed by atoms with E-state index < -0.39 is 0 Å². The second kappa shape index (κ2) is 12.5. The first-order valence-corrected chi connectivity index (χ1v) is 12.7. The number of nitrogens with one attached hydrogen (secondary N) is 1. The van der Waals surface area contributed by atoms with Crippen molar-refractivity contribution in [2.45, 2.75) is 31.8 Å². The molecule has 0 unspecified atom stereocenters. The van der Waals surface area contributed by atoms with Crippen molar-refractivity contribution >= 4 is 23.6 Å². The quantitative estimate of drug-likeness (QED) is 0.404. The minimum Gasteiger partial charge on any atom is -0.493 e. The molecule has 0 saturated carbocycles. The van der Waals surface area contributed by atoms with Crippen LogP contribution in [0.2, 0.25) is 0 Å². The fourth-order valence-corrected chi connectivity index (χ4v) is 4.55. The molecular weight excluding hydrogens is 466 g/mol. The monoisotopic (exact) mass is 497 g/mol. The number of morpholine rings is 1. The van der Waals surface area contributed by atoms with Gasteiger partial charge in [0.1, 0.15) is 6.61 Å². The van der Waals surface area contributed by atoms with Crippen LogP contribution in [0.5, 0.6) is 11.5 Å². The number of benzene rings is 2. The first-order chi connectivity index (χ1) is 17.2. The van der Waals surface area contributed by atoms with E-state index in [1.54, 1.807) is 7.11 Å². The van der Waals surface area contributed by atoms with Crippen molar-refractivity contribution in [3.8, 4) is 11.5 Å². The SMILES string of the molecule is CCn1c(SCC(=O)NCc2ccc(OCc3ccccc3)c(OC)c2)nnc1N1CCOCC1. The largest absolute Gasteiger partial charge is 0.493 e. The molecule has 1 aliphatic rings. The molecule has 35 heavy (non-hydrogen) atoms. The van der Waals surface area contributed by atoms with E-state index in [-0.39, 0.29) is 11.7 Å². The molecule has 186 valence electrons. The Labute approximate surface area is 209 Å². The maximum absolute atomic E-state index is 12.5. The number of thioether (sulfide) groups is 1. The highest BCUT2D eigenvalue weighted by Crippen LogP contribution is 2.29. The maximum Gasteiger partial charge on any atom is 0.230 e. The zero-order chi connectivity index (χ0) is 24.5. The van der Waals surface area contributed by atoms with Gasteiger partial charge in [0.2, 0.25) is 11.9 Å². The molecule has 0 spiro atoms. The van der Waals surface area contributed by atoms with Gasteiger partial charge in [-0.15, -0.1) is 10.2 Å². The van der Waals surface area contributed by atoms with Crippen LogP contribution in [0, 0.1) is 0 Å². The zero-order valence-corrected chi connectivity index (χ0v) is 20.9. The molecule has 0 bridgehead atoms. The fourth-order valence-electron chi connectivity index (χ4n) is 3.72. The van der Waals surface area contributed by atoms with E-state index in [0.717, 1.165) is 41.9 Å². The number of carbonyl (C=O) groups is 1. The summed E-state index contributed by atoms with van der Waals surface area (Å²) in [6, 6.07) is 15.7. The van der Waals surface area contributed by atoms with E-state index >= 15 is 0 Å². The molecule has 1 amide bonds. The average molecular weight is 498 g/mol. The van der Waals surface area contributed by atoms with Gasteiger partial charge in [0.15, 0.2) is 16.7 Å². The van der Waals surface area contributed by atoms with E-state index in [1.807, 2.05) is 53.1 Å². The molecule has 9 nitrogen and oxygen atoms in total. The van der Waals surface area contributed by atoms with Gasteiger partial charge in [0.25, 0.3) is 0 Å². The molecule has 4 rings (SSSR count). The van der Waals surface area contributed by atoms with E-state index in [9.17, 15) is 4.79 Å². The summed E-state index contributed by atoms with van der Waals surface area (Å²) in [5.41, 5.74) is 2.01. The number of methoxy groups -OCH3 is 1. The van der Waals surface area contributed by atoms with Gasteiger partial charge in [-0.2, -0.15) is 0 Å². The van der Waals surface area contributed by atoms with Crippen LogP contribution in [-0.2, 0) is 29.2 Å². The third-order valence-electron chi connectivity index (χ3n) is 5.59. The van der Waals surface area contributed by atoms with Crippen molar-refractivity contribution in [3.05, 3.63) is 59.7 Å². The van der Waals surface area contributed by atoms with Gasteiger partial charge in [-0.1, -0.05) is 48.2 Å². The molecule has 1 N–H and O–H groups in total. The van der Waals surface area contributed by atoms with Crippen LogP contribution >= 0.6 is 11.8 Å². The Morgan fingerprint density at radius 2 is 1.89 bits per heavy atom. The third kappa shape index (κ3) is 6.67. The molecule has 10 heteroatoms. The number of hydrogen-bond acceptors (Lipinski definition) is 8. The fraction of sp³-hybridized carbons (Fsp3) is 0.400. The second-order valence-electron chi connectivity index (χ2n) is 7.95. The Bertz CT molecular complexity index is 1100. The Morgan fingerprint density at radius 1 is 1.09 bits per heavy atom. The molecule has 0 aliphatic carbocycles. The Morgan fingerprint density at radius 3 is 2.63 bits per heavy atom. The van der Waals surface area contributed by atoms with E-state index in [2.05, 4.69) is 27.3 Å². The molecule has 1 aromatic heterocycles. The maximum atomic E-state index is 12.5. The smallest absolute Gasteiger partial charge is 0.230 e. The molecule has 0 atom stereocenters. The summed E-state index contributed by atoms with van der Waals surface area (Å²) >= 11 is 1.39. The van der Waals surface area contributed by atoms with Crippen molar-refractivity contribution in [2.75, 3.05) is 44.1 Å². The predicted molar refractivity (Wildman–Crippen MR) is 135 cm³/mol. The number of aromatic nitrogens is 3. The summed E-state index contributed by atoms with van der Waals surface area (Å²) in [6.45, 7) is 6.61. The van der Waals surface area contributed by atoms with Crippen molar-refractivity contribution in [2.24, 2.45) is 0 Å². The van der Waals surface area contributed by atoms with Crippen LogP contribution in [0.15, 0.2) is 53.7 Å². The molecule has 2 aromatic carbocycles. The van der Waals surface area contributed by atoms with Gasteiger partial charge in [-0.05, 0) is 30.2 Å². The van der Waals surface area contributed by atoms with Gasteiger partial charge in [0.05, 0.1) is 26.1 Å². The van der Waals surface area contributed by atoms with E-state index in [4.69, 9.17) is 14.2 Å². The topological polar surface area (TPSA) is 90.7 Å². The standard InChI is InChI=1S/C25H31N5O4S/c1-3-30-24(29-11-13-33-14-12-29)27-28-25(30)35-18-23(31)26-16-20-9-10-21(22(15-20)32-2)34-17-19-7-5-4-6-8-19/h4-10,15H,3,11-14,16-18H2,1-2H3,(H,26,31). The molecule has 0 radical (unpaired) electrons. The van der Waals surface area contributed by atoms with Gasteiger partial charge in [0, 0.05) is 26.2 Å². The molecule has 1 aliphatic heterocycles. The molecule has 2 heterocycles. The summed E-state index contributed by atoms with van der Waals surface area (Å²) in [6.07, 6.45) is 0. The summed E-state index contributed by atoms with van der Waals surface area (Å²) in [5.74, 6) is 2.32. The summed E-state index contributed by atoms with van der Waals surface area (Å²) in [7, 11) is 1.61. The van der Waals surface area contributed by atoms with E-state index in [0.29, 0.717) is 37.9 Å². The zero-order valence-electron chi connectivity index (χ0n) is 20.1. The number of amides is 1. The summed E-state index contributed by atoms with van der Waals surface area (Å²) in [5, 5.41) is 12.4. The van der Waals surface area contributed by atoms with Gasteiger partial charge >= 0.3 is 0 Å². The third-order valence-corrected chi connectivity index (χ3v) is 6.56. The lowest BCUT2D eigenvalue weighted by molar-refractivity contribution is -0.118. The molecular formula is C25H31N5O4S. The highest BCUT2D eigenvalue weighted by atomic mass is 32.2. The molecule has 1 fully saturated rings. The highest BCUT2D eigenvalue weighted by molar-refractivity contribution is 7.99. The van der Waals surface area contributed by atoms with Crippen LogP contribution in [0.25, 0.3) is 0 Å². The predicted octanol–water partition coefficient (Wildman–Crippen LogP) is 3.13. The Kier molecular flexibility index (Phi) is 8.85. The first-order valence-electron chi connectivity index (χ1n) is 11.7. The summed E-state index contributed by atoms with van der Waals surface area (Å²) < 4.78 is 18.9. The number of rotatable bonds is 11. The van der Waals surface area contributed by atoms with Crippen molar-refractivity contribution in [1.82, 2.24) is 20.1 Å². The lowest BCUT2D eigenvalue weighted by Gasteiger charge is -2.27. The van der Waals surface area contributed by atoms with Crippen LogP contribution in [-0.4, -0.2) is 59.8 Å². The highest BCUT2D eigenvalue weighted by Gasteiger charge is 2.20. The number of carbonyl (C=O) groups excluding carboxylic acids is 1. The van der Waals surface area contributed by atoms with Gasteiger partial charge < -0.3 is 24.4 Å². The van der Waals surface area contributed by atoms with Gasteiger partial charge in [-0.3, -0.25) is 9.36 Å². The minimum absolute atomic E-state index is 0.0723. The van der Waals surface area contributed by atoms with Crippen molar-refractivity contribution in [1.29, 1.82) is 0 Å². The van der Waals surface area contributed by atoms with Crippen LogP contribution in [0.3, 0.4) is 0 Å². The number of nitrogens with zero attached hydrogens (tertiary/aromatic N) is 4.